The van der Waals surface area contributed by atoms with Crippen LogP contribution in [0.15, 0.2) is 30.3 Å². The summed E-state index contributed by atoms with van der Waals surface area (Å²) in [5.74, 6) is -0.242. The molecule has 0 saturated carbocycles. The van der Waals surface area contributed by atoms with Crippen LogP contribution >= 0.6 is 0 Å². The molecule has 3 nitrogen and oxygen atoms in total. The van der Waals surface area contributed by atoms with Crippen LogP contribution < -0.4 is 5.32 Å². The monoisotopic (exact) mass is 235 g/mol. The van der Waals surface area contributed by atoms with E-state index in [1.807, 2.05) is 30.3 Å². The molecule has 0 bridgehead atoms. The molecule has 0 atom stereocenters. The Kier molecular flexibility index (Phi) is 7.07. The van der Waals surface area contributed by atoms with Crippen molar-refractivity contribution in [2.75, 3.05) is 13.1 Å². The number of hydrogen-bond donors (Lipinski definition) is 1. The van der Waals surface area contributed by atoms with E-state index in [0.29, 0.717) is 6.61 Å². The molecule has 1 fully saturated rings. The van der Waals surface area contributed by atoms with Gasteiger partial charge in [-0.15, -0.1) is 0 Å². The lowest BCUT2D eigenvalue weighted by Crippen LogP contribution is -2.21. The Hall–Kier alpha value is -1.35. The molecule has 94 valence electrons. The van der Waals surface area contributed by atoms with Gasteiger partial charge in [0.25, 0.3) is 0 Å². The Labute approximate surface area is 103 Å². The van der Waals surface area contributed by atoms with Gasteiger partial charge in [-0.1, -0.05) is 36.8 Å². The minimum Gasteiger partial charge on any atom is -0.461 e. The first-order chi connectivity index (χ1) is 8.29. The summed E-state index contributed by atoms with van der Waals surface area (Å²) >= 11 is 0. The summed E-state index contributed by atoms with van der Waals surface area (Å²) in [4.78, 5) is 10.4. The summed E-state index contributed by atoms with van der Waals surface area (Å²) in [6.07, 6.45) is 4.22. The molecular formula is C14H21NO2. The van der Waals surface area contributed by atoms with Crippen LogP contribution in [0.3, 0.4) is 0 Å². The molecule has 1 aromatic rings. The van der Waals surface area contributed by atoms with E-state index in [4.69, 9.17) is 4.74 Å². The lowest BCUT2D eigenvalue weighted by atomic mass is 10.2. The first kappa shape index (κ1) is 13.7. The number of carbonyl (C=O) groups is 1. The van der Waals surface area contributed by atoms with Gasteiger partial charge in [-0.05, 0) is 31.5 Å². The molecule has 0 radical (unpaired) electrons. The molecule has 0 unspecified atom stereocenters. The van der Waals surface area contributed by atoms with Crippen molar-refractivity contribution in [3.63, 3.8) is 0 Å². The highest BCUT2D eigenvalue weighted by Gasteiger charge is 1.94. The van der Waals surface area contributed by atoms with E-state index in [1.165, 1.54) is 39.3 Å². The fourth-order valence-electron chi connectivity index (χ4n) is 1.56. The number of nitrogens with one attached hydrogen (secondary N) is 1. The van der Waals surface area contributed by atoms with Crippen LogP contribution in [0, 0.1) is 0 Å². The van der Waals surface area contributed by atoms with E-state index in [2.05, 4.69) is 5.32 Å². The van der Waals surface area contributed by atoms with E-state index in [1.54, 1.807) is 0 Å². The van der Waals surface area contributed by atoms with Crippen LogP contribution in [-0.2, 0) is 16.1 Å². The van der Waals surface area contributed by atoms with Crippen molar-refractivity contribution >= 4 is 5.97 Å². The van der Waals surface area contributed by atoms with Gasteiger partial charge < -0.3 is 10.1 Å². The van der Waals surface area contributed by atoms with Crippen LogP contribution in [0.5, 0.6) is 0 Å². The van der Waals surface area contributed by atoms with Gasteiger partial charge in [-0.2, -0.15) is 0 Å². The summed E-state index contributed by atoms with van der Waals surface area (Å²) in [7, 11) is 0. The topological polar surface area (TPSA) is 38.3 Å². The second-order valence-electron chi connectivity index (χ2n) is 4.08. The second kappa shape index (κ2) is 8.76. The molecule has 0 aliphatic carbocycles. The number of piperidine rings is 1. The average molecular weight is 235 g/mol. The zero-order chi connectivity index (χ0) is 12.3. The van der Waals surface area contributed by atoms with Crippen molar-refractivity contribution in [2.24, 2.45) is 0 Å². The highest BCUT2D eigenvalue weighted by atomic mass is 16.5. The summed E-state index contributed by atoms with van der Waals surface area (Å²) in [6, 6.07) is 9.60. The van der Waals surface area contributed by atoms with Crippen LogP contribution in [0.1, 0.15) is 31.7 Å². The van der Waals surface area contributed by atoms with Crippen LogP contribution in [0.2, 0.25) is 0 Å². The highest BCUT2D eigenvalue weighted by Crippen LogP contribution is 1.99. The van der Waals surface area contributed by atoms with Gasteiger partial charge in [-0.25, -0.2) is 0 Å². The lowest BCUT2D eigenvalue weighted by Gasteiger charge is -2.08. The van der Waals surface area contributed by atoms with Crippen LogP contribution in [-0.4, -0.2) is 19.1 Å². The third-order valence-electron chi connectivity index (χ3n) is 2.49. The molecule has 1 aromatic carbocycles. The molecule has 1 aliphatic rings. The first-order valence-corrected chi connectivity index (χ1v) is 6.17. The molecule has 17 heavy (non-hydrogen) atoms. The van der Waals surface area contributed by atoms with Crippen LogP contribution in [0.25, 0.3) is 0 Å². The molecule has 0 aromatic heterocycles. The third-order valence-corrected chi connectivity index (χ3v) is 2.49. The largest absolute Gasteiger partial charge is 0.461 e. The van der Waals surface area contributed by atoms with Gasteiger partial charge >= 0.3 is 5.97 Å². The molecule has 0 spiro atoms. The number of hydrogen-bond acceptors (Lipinski definition) is 3. The van der Waals surface area contributed by atoms with E-state index < -0.39 is 0 Å². The molecular weight excluding hydrogens is 214 g/mol. The van der Waals surface area contributed by atoms with Crippen LogP contribution in [0.4, 0.5) is 0 Å². The Morgan fingerprint density at radius 3 is 2.24 bits per heavy atom. The number of rotatable bonds is 2. The van der Waals surface area contributed by atoms with Gasteiger partial charge in [0.05, 0.1) is 0 Å². The lowest BCUT2D eigenvalue weighted by molar-refractivity contribution is -0.142. The first-order valence-electron chi connectivity index (χ1n) is 6.17. The normalized spacial score (nSPS) is 14.4. The van der Waals surface area contributed by atoms with E-state index in [-0.39, 0.29) is 5.97 Å². The number of benzene rings is 1. The van der Waals surface area contributed by atoms with Gasteiger partial charge in [0.15, 0.2) is 0 Å². The minimum absolute atomic E-state index is 0.242. The van der Waals surface area contributed by atoms with Gasteiger partial charge in [0, 0.05) is 6.92 Å². The molecule has 1 aliphatic heterocycles. The summed E-state index contributed by atoms with van der Waals surface area (Å²) in [5, 5.41) is 3.28. The Morgan fingerprint density at radius 2 is 1.82 bits per heavy atom. The number of carbonyl (C=O) groups excluding carboxylic acids is 1. The number of ether oxygens (including phenoxy) is 1. The van der Waals surface area contributed by atoms with Crippen molar-refractivity contribution in [2.45, 2.75) is 32.8 Å². The fraction of sp³-hybridized carbons (Fsp3) is 0.500. The number of esters is 1. The maximum Gasteiger partial charge on any atom is 0.302 e. The summed E-state index contributed by atoms with van der Waals surface area (Å²) < 4.78 is 4.79. The molecule has 1 N–H and O–H groups in total. The minimum atomic E-state index is -0.242. The van der Waals surface area contributed by atoms with Gasteiger partial charge in [0.2, 0.25) is 0 Å². The van der Waals surface area contributed by atoms with Crippen molar-refractivity contribution in [3.8, 4) is 0 Å². The second-order valence-corrected chi connectivity index (χ2v) is 4.08. The van der Waals surface area contributed by atoms with Gasteiger partial charge in [0.1, 0.15) is 6.61 Å². The Morgan fingerprint density at radius 1 is 1.18 bits per heavy atom. The maximum atomic E-state index is 10.4. The molecule has 0 amide bonds. The Balaban J connectivity index is 0.000000202. The molecule has 1 heterocycles. The molecule has 3 heteroatoms. The summed E-state index contributed by atoms with van der Waals surface area (Å²) in [5.41, 5.74) is 1.02. The van der Waals surface area contributed by atoms with E-state index in [0.717, 1.165) is 5.56 Å². The predicted molar refractivity (Wildman–Crippen MR) is 68.6 cm³/mol. The van der Waals surface area contributed by atoms with Crippen molar-refractivity contribution in [1.29, 1.82) is 0 Å². The Bertz CT molecular complexity index is 296. The molecule has 1 saturated heterocycles. The smallest absolute Gasteiger partial charge is 0.302 e. The third kappa shape index (κ3) is 7.53. The van der Waals surface area contributed by atoms with Gasteiger partial charge in [-0.3, -0.25) is 4.79 Å². The quantitative estimate of drug-likeness (QED) is 0.800. The predicted octanol–water partition coefficient (Wildman–Crippen LogP) is 2.51. The van der Waals surface area contributed by atoms with E-state index in [9.17, 15) is 4.79 Å². The zero-order valence-corrected chi connectivity index (χ0v) is 10.4. The van der Waals surface area contributed by atoms with E-state index >= 15 is 0 Å². The molecule has 2 rings (SSSR count). The highest BCUT2D eigenvalue weighted by molar-refractivity contribution is 5.65. The fourth-order valence-corrected chi connectivity index (χ4v) is 1.56. The SMILES string of the molecule is C1CCNCC1.CC(=O)OCc1ccccc1. The maximum absolute atomic E-state index is 10.4. The zero-order valence-electron chi connectivity index (χ0n) is 10.4. The van der Waals surface area contributed by atoms with Crippen molar-refractivity contribution in [1.82, 2.24) is 5.32 Å². The standard InChI is InChI=1S/C9H10O2.C5H11N/c1-8(10)11-7-9-5-3-2-4-6-9;1-2-4-6-5-3-1/h2-6H,7H2,1H3;6H,1-5H2. The summed E-state index contributed by atoms with van der Waals surface area (Å²) in [6.45, 7) is 4.28. The average Bonchev–Trinajstić information content (AvgIpc) is 2.40. The van der Waals surface area contributed by atoms with Crippen molar-refractivity contribution in [3.05, 3.63) is 35.9 Å². The van der Waals surface area contributed by atoms with Crippen molar-refractivity contribution < 1.29 is 9.53 Å².